The average molecular weight is 146 g/mol. The Morgan fingerprint density at radius 3 is 2.56 bits per heavy atom. The molecule has 0 aromatic heterocycles. The molecule has 2 atom stereocenters. The molecule has 0 aromatic carbocycles. The Bertz CT molecular complexity index is 131. The first-order valence-corrected chi connectivity index (χ1v) is 3.89. The fraction of sp³-hybridized carbons (Fsp3) is 0.333. The molecule has 0 saturated carbocycles. The maximum atomic E-state index is 10.7. The Morgan fingerprint density at radius 2 is 2.22 bits per heavy atom. The van der Waals surface area contributed by atoms with Crippen molar-refractivity contribution in [2.45, 2.75) is 5.44 Å². The summed E-state index contributed by atoms with van der Waals surface area (Å²) in [5, 5.41) is 8.79. The third kappa shape index (κ3) is 3.21. The zero-order chi connectivity index (χ0) is 7.28. The van der Waals surface area contributed by atoms with Crippen LogP contribution in [0.1, 0.15) is 0 Å². The summed E-state index contributed by atoms with van der Waals surface area (Å²) >= 11 is 0. The molecule has 3 heteroatoms. The van der Waals surface area contributed by atoms with Gasteiger partial charge < -0.3 is 5.11 Å². The first kappa shape index (κ1) is 8.59. The van der Waals surface area contributed by atoms with Gasteiger partial charge in [-0.25, -0.2) is 0 Å². The van der Waals surface area contributed by atoms with Crippen LogP contribution in [-0.4, -0.2) is 20.5 Å². The molecule has 0 amide bonds. The highest BCUT2D eigenvalue weighted by atomic mass is 32.2. The molecule has 0 aliphatic rings. The minimum atomic E-state index is -1.25. The van der Waals surface area contributed by atoms with Crippen molar-refractivity contribution in [1.29, 1.82) is 0 Å². The fourth-order valence-electron chi connectivity index (χ4n) is 0.322. The van der Waals surface area contributed by atoms with Crippen molar-refractivity contribution < 1.29 is 9.32 Å². The second-order valence-corrected chi connectivity index (χ2v) is 3.04. The summed E-state index contributed by atoms with van der Waals surface area (Å²) in [4.78, 5) is 0. The van der Waals surface area contributed by atoms with Gasteiger partial charge in [-0.2, -0.15) is 0 Å². The number of aliphatic hydroxyl groups is 1. The van der Waals surface area contributed by atoms with Gasteiger partial charge in [-0.05, 0) is 0 Å². The topological polar surface area (TPSA) is 37.3 Å². The first-order chi connectivity index (χ1) is 4.22. The number of hydrogen-bond acceptors (Lipinski definition) is 2. The third-order valence-corrected chi connectivity index (χ3v) is 2.05. The van der Waals surface area contributed by atoms with Gasteiger partial charge >= 0.3 is 0 Å². The quantitative estimate of drug-likeness (QED) is 0.584. The molecule has 0 saturated heterocycles. The molecule has 1 unspecified atom stereocenters. The maximum Gasteiger partial charge on any atom is 0.147 e. The van der Waals surface area contributed by atoms with Crippen LogP contribution in [0.15, 0.2) is 25.3 Å². The van der Waals surface area contributed by atoms with Crippen LogP contribution in [0.25, 0.3) is 0 Å². The highest BCUT2D eigenvalue weighted by Crippen LogP contribution is 1.92. The zero-order valence-corrected chi connectivity index (χ0v) is 5.93. The van der Waals surface area contributed by atoms with Crippen LogP contribution < -0.4 is 0 Å². The Hall–Kier alpha value is -0.410. The predicted molar refractivity (Wildman–Crippen MR) is 39.4 cm³/mol. The molecule has 9 heavy (non-hydrogen) atoms. The van der Waals surface area contributed by atoms with Crippen LogP contribution in [-0.2, 0) is 10.8 Å². The zero-order valence-electron chi connectivity index (χ0n) is 5.12. The van der Waals surface area contributed by atoms with Crippen molar-refractivity contribution in [2.75, 3.05) is 5.75 Å². The predicted octanol–water partition coefficient (Wildman–Crippen LogP) is 0.426. The second-order valence-electron chi connectivity index (χ2n) is 1.46. The van der Waals surface area contributed by atoms with Gasteiger partial charge in [0.15, 0.2) is 0 Å². The van der Waals surface area contributed by atoms with E-state index in [4.69, 9.17) is 5.11 Å². The summed E-state index contributed by atoms with van der Waals surface area (Å²) < 4.78 is 10.7. The molecule has 0 spiro atoms. The summed E-state index contributed by atoms with van der Waals surface area (Å²) in [5.41, 5.74) is -0.914. The van der Waals surface area contributed by atoms with E-state index in [2.05, 4.69) is 13.2 Å². The van der Waals surface area contributed by atoms with E-state index in [1.165, 1.54) is 12.2 Å². The van der Waals surface area contributed by atoms with Crippen molar-refractivity contribution in [2.24, 2.45) is 0 Å². The van der Waals surface area contributed by atoms with E-state index in [0.29, 0.717) is 5.75 Å². The van der Waals surface area contributed by atoms with E-state index in [-0.39, 0.29) is 0 Å². The van der Waals surface area contributed by atoms with E-state index in [1.54, 1.807) is 0 Å². The second kappa shape index (κ2) is 4.47. The van der Waals surface area contributed by atoms with Gasteiger partial charge in [0.2, 0.25) is 0 Å². The maximum absolute atomic E-state index is 10.7. The summed E-state index contributed by atoms with van der Waals surface area (Å²) in [6.07, 6.45) is 2.75. The van der Waals surface area contributed by atoms with Crippen LogP contribution in [0.3, 0.4) is 0 Å². The lowest BCUT2D eigenvalue weighted by molar-refractivity contribution is 0.303. The molecule has 2 nitrogen and oxygen atoms in total. The van der Waals surface area contributed by atoms with E-state index in [1.807, 2.05) is 0 Å². The normalized spacial score (nSPS) is 16.1. The Labute approximate surface area is 57.4 Å². The van der Waals surface area contributed by atoms with Crippen molar-refractivity contribution in [3.8, 4) is 0 Å². The number of aliphatic hydroxyl groups excluding tert-OH is 1. The first-order valence-electron chi connectivity index (χ1n) is 2.51. The molecule has 0 aliphatic heterocycles. The lowest BCUT2D eigenvalue weighted by atomic mass is 10.7. The highest BCUT2D eigenvalue weighted by molar-refractivity contribution is 7.85. The lowest BCUT2D eigenvalue weighted by Gasteiger charge is -2.00. The molecule has 0 radical (unpaired) electrons. The van der Waals surface area contributed by atoms with E-state index >= 15 is 0 Å². The Balaban J connectivity index is 3.71. The fourth-order valence-corrected chi connectivity index (χ4v) is 0.966. The molecular formula is C6H10O2S. The molecule has 0 heterocycles. The van der Waals surface area contributed by atoms with Crippen LogP contribution in [0.2, 0.25) is 0 Å². The van der Waals surface area contributed by atoms with Gasteiger partial charge in [-0.1, -0.05) is 18.7 Å². The SMILES string of the molecule is C=CCS(=O)[C@H](O)C=C. The Kier molecular flexibility index (Phi) is 4.26. The van der Waals surface area contributed by atoms with Crippen LogP contribution in [0.5, 0.6) is 0 Å². The summed E-state index contributed by atoms with van der Waals surface area (Å²) in [6.45, 7) is 6.67. The van der Waals surface area contributed by atoms with Crippen LogP contribution >= 0.6 is 0 Å². The van der Waals surface area contributed by atoms with Gasteiger partial charge in [0, 0.05) is 5.75 Å². The van der Waals surface area contributed by atoms with Gasteiger partial charge in [0.05, 0.1) is 10.8 Å². The van der Waals surface area contributed by atoms with Crippen molar-refractivity contribution in [1.82, 2.24) is 0 Å². The van der Waals surface area contributed by atoms with Crippen molar-refractivity contribution in [3.63, 3.8) is 0 Å². The number of hydrogen-bond donors (Lipinski definition) is 1. The largest absolute Gasteiger partial charge is 0.376 e. The van der Waals surface area contributed by atoms with Crippen molar-refractivity contribution >= 4 is 10.8 Å². The third-order valence-electron chi connectivity index (χ3n) is 0.753. The average Bonchev–Trinajstić information content (AvgIpc) is 1.87. The highest BCUT2D eigenvalue weighted by Gasteiger charge is 2.04. The minimum Gasteiger partial charge on any atom is -0.376 e. The smallest absolute Gasteiger partial charge is 0.147 e. The Morgan fingerprint density at radius 1 is 1.67 bits per heavy atom. The summed E-state index contributed by atoms with van der Waals surface area (Å²) in [6, 6.07) is 0. The van der Waals surface area contributed by atoms with Crippen LogP contribution in [0.4, 0.5) is 0 Å². The lowest BCUT2D eigenvalue weighted by Crippen LogP contribution is -2.12. The monoisotopic (exact) mass is 146 g/mol. The van der Waals surface area contributed by atoms with Crippen molar-refractivity contribution in [3.05, 3.63) is 25.3 Å². The molecule has 0 aromatic rings. The van der Waals surface area contributed by atoms with Gasteiger partial charge in [0.25, 0.3) is 0 Å². The standard InChI is InChI=1S/C6H10O2S/c1-3-5-9(8)6(7)4-2/h3-4,6-7H,1-2,5H2/t6-,9?/m0/s1. The number of rotatable bonds is 4. The van der Waals surface area contributed by atoms with Gasteiger partial charge in [-0.3, -0.25) is 4.21 Å². The van der Waals surface area contributed by atoms with E-state index < -0.39 is 16.2 Å². The van der Waals surface area contributed by atoms with Crippen LogP contribution in [0, 0.1) is 0 Å². The molecule has 1 N–H and O–H groups in total. The molecule has 0 fully saturated rings. The molecule has 0 aliphatic carbocycles. The van der Waals surface area contributed by atoms with Gasteiger partial charge in [-0.15, -0.1) is 6.58 Å². The van der Waals surface area contributed by atoms with Gasteiger partial charge in [0.1, 0.15) is 5.44 Å². The molecule has 0 bridgehead atoms. The summed E-state index contributed by atoms with van der Waals surface area (Å²) in [7, 11) is -1.25. The molecule has 52 valence electrons. The molecular weight excluding hydrogens is 136 g/mol. The van der Waals surface area contributed by atoms with E-state index in [0.717, 1.165) is 0 Å². The summed E-state index contributed by atoms with van der Waals surface area (Å²) in [5.74, 6) is 0.313. The molecule has 0 rings (SSSR count). The van der Waals surface area contributed by atoms with E-state index in [9.17, 15) is 4.21 Å². The minimum absolute atomic E-state index is 0.313.